The van der Waals surface area contributed by atoms with Gasteiger partial charge < -0.3 is 5.43 Å². The van der Waals surface area contributed by atoms with Crippen LogP contribution in [-0.4, -0.2) is 0 Å². The molecule has 0 aliphatic heterocycles. The molecule has 0 heterocycles. The number of hydrogen-bond donors (Lipinski definition) is 2. The Morgan fingerprint density at radius 1 is 1.25 bits per heavy atom. The molecular weight excluding hydrogens is 225 g/mol. The summed E-state index contributed by atoms with van der Waals surface area (Å²) in [5.41, 5.74) is 2.59. The molecule has 0 fully saturated rings. The highest BCUT2D eigenvalue weighted by molar-refractivity contribution is 6.39. The number of nitrogen functional groups attached to an aromatic ring is 1. The second-order valence-electron chi connectivity index (χ2n) is 1.89. The molecule has 1 aromatic carbocycles. The molecule has 0 spiro atoms. The van der Waals surface area contributed by atoms with E-state index in [4.69, 9.17) is 29.0 Å². The van der Waals surface area contributed by atoms with Gasteiger partial charge in [0.25, 0.3) is 0 Å². The minimum atomic E-state index is -0.487. The molecule has 1 aromatic rings. The molecule has 6 heteroatoms. The van der Waals surface area contributed by atoms with Gasteiger partial charge in [0.05, 0.1) is 15.7 Å². The summed E-state index contributed by atoms with van der Waals surface area (Å²) in [5.74, 6) is 4.57. The Kier molecular flexibility index (Phi) is 4.63. The van der Waals surface area contributed by atoms with E-state index in [0.29, 0.717) is 5.69 Å². The Morgan fingerprint density at radius 2 is 1.67 bits per heavy atom. The zero-order valence-electron chi connectivity index (χ0n) is 5.77. The van der Waals surface area contributed by atoms with E-state index < -0.39 is 5.82 Å². The molecule has 0 aromatic heterocycles. The second-order valence-corrected chi connectivity index (χ2v) is 2.70. The standard InChI is InChI=1S/C6H5Cl2FN2.ClH/c7-4-1-3(9)2-5(8)6(4)11-10;/h1-2,11H,10H2;1H. The molecule has 0 aliphatic rings. The number of hydrogen-bond acceptors (Lipinski definition) is 2. The fourth-order valence-corrected chi connectivity index (χ4v) is 1.25. The molecule has 0 amide bonds. The predicted octanol–water partition coefficient (Wildman–Crippen LogP) is 2.84. The van der Waals surface area contributed by atoms with Gasteiger partial charge >= 0.3 is 0 Å². The van der Waals surface area contributed by atoms with Crippen molar-refractivity contribution in [3.05, 3.63) is 28.0 Å². The highest BCUT2D eigenvalue weighted by Crippen LogP contribution is 2.30. The number of hydrazine groups is 1. The minimum Gasteiger partial charge on any atom is -0.321 e. The van der Waals surface area contributed by atoms with Crippen molar-refractivity contribution in [3.8, 4) is 0 Å². The van der Waals surface area contributed by atoms with Crippen molar-refractivity contribution in [1.29, 1.82) is 0 Å². The maximum absolute atomic E-state index is 12.5. The molecule has 0 aliphatic carbocycles. The van der Waals surface area contributed by atoms with Crippen molar-refractivity contribution in [3.63, 3.8) is 0 Å². The molecule has 0 bridgehead atoms. The summed E-state index contributed by atoms with van der Waals surface area (Å²) in [6.07, 6.45) is 0. The highest BCUT2D eigenvalue weighted by Gasteiger charge is 2.05. The molecular formula is C6H6Cl3FN2. The molecule has 0 saturated carbocycles. The smallest absolute Gasteiger partial charge is 0.126 e. The van der Waals surface area contributed by atoms with Crippen molar-refractivity contribution < 1.29 is 4.39 Å². The van der Waals surface area contributed by atoms with Crippen LogP contribution in [0.2, 0.25) is 10.0 Å². The second kappa shape index (κ2) is 4.72. The quantitative estimate of drug-likeness (QED) is 0.576. The van der Waals surface area contributed by atoms with E-state index in [1.165, 1.54) is 0 Å². The lowest BCUT2D eigenvalue weighted by Gasteiger charge is -2.04. The zero-order chi connectivity index (χ0) is 8.43. The Morgan fingerprint density at radius 3 is 2.00 bits per heavy atom. The monoisotopic (exact) mass is 230 g/mol. The lowest BCUT2D eigenvalue weighted by Crippen LogP contribution is -2.07. The van der Waals surface area contributed by atoms with E-state index in [1.807, 2.05) is 0 Å². The first kappa shape index (κ1) is 11.8. The van der Waals surface area contributed by atoms with Crippen LogP contribution in [-0.2, 0) is 0 Å². The number of halogens is 4. The number of benzene rings is 1. The van der Waals surface area contributed by atoms with E-state index in [9.17, 15) is 4.39 Å². The van der Waals surface area contributed by atoms with Crippen molar-refractivity contribution in [2.75, 3.05) is 5.43 Å². The van der Waals surface area contributed by atoms with Crippen LogP contribution >= 0.6 is 35.6 Å². The first-order valence-corrected chi connectivity index (χ1v) is 3.52. The van der Waals surface area contributed by atoms with Crippen LogP contribution in [0, 0.1) is 5.82 Å². The first-order chi connectivity index (χ1) is 5.15. The third-order valence-electron chi connectivity index (χ3n) is 1.15. The summed E-state index contributed by atoms with van der Waals surface area (Å²) in [5, 5.41) is 0.329. The number of rotatable bonds is 1. The van der Waals surface area contributed by atoms with Gasteiger partial charge in [-0.05, 0) is 12.1 Å². The molecule has 12 heavy (non-hydrogen) atoms. The lowest BCUT2D eigenvalue weighted by molar-refractivity contribution is 0.628. The predicted molar refractivity (Wildman–Crippen MR) is 51.5 cm³/mol. The Bertz CT molecular complexity index is 256. The van der Waals surface area contributed by atoms with Gasteiger partial charge in [0.15, 0.2) is 0 Å². The number of nitrogens with one attached hydrogen (secondary N) is 1. The van der Waals surface area contributed by atoms with E-state index in [1.54, 1.807) is 0 Å². The summed E-state index contributed by atoms with van der Waals surface area (Å²) in [4.78, 5) is 0. The van der Waals surface area contributed by atoms with E-state index >= 15 is 0 Å². The molecule has 0 atom stereocenters. The SMILES string of the molecule is Cl.NNc1c(Cl)cc(F)cc1Cl. The lowest BCUT2D eigenvalue weighted by atomic mass is 10.3. The fourth-order valence-electron chi connectivity index (χ4n) is 0.680. The van der Waals surface area contributed by atoms with E-state index in [0.717, 1.165) is 12.1 Å². The molecule has 68 valence electrons. The molecule has 0 saturated heterocycles. The van der Waals surface area contributed by atoms with Crippen molar-refractivity contribution in [2.45, 2.75) is 0 Å². The van der Waals surface area contributed by atoms with Crippen LogP contribution in [0.5, 0.6) is 0 Å². The average molecular weight is 231 g/mol. The van der Waals surface area contributed by atoms with Gasteiger partial charge in [0, 0.05) is 0 Å². The van der Waals surface area contributed by atoms with Crippen LogP contribution in [0.3, 0.4) is 0 Å². The van der Waals surface area contributed by atoms with Crippen molar-refractivity contribution >= 4 is 41.3 Å². The third-order valence-corrected chi connectivity index (χ3v) is 1.75. The Hall–Kier alpha value is -0.220. The maximum Gasteiger partial charge on any atom is 0.126 e. The van der Waals surface area contributed by atoms with Crippen molar-refractivity contribution in [2.24, 2.45) is 5.84 Å². The average Bonchev–Trinajstić information content (AvgIpc) is 1.85. The third kappa shape index (κ3) is 2.38. The van der Waals surface area contributed by atoms with Gasteiger partial charge in [-0.1, -0.05) is 23.2 Å². The molecule has 2 nitrogen and oxygen atoms in total. The van der Waals surface area contributed by atoms with Gasteiger partial charge in [-0.2, -0.15) is 0 Å². The summed E-state index contributed by atoms with van der Waals surface area (Å²) in [6, 6.07) is 2.26. The minimum absolute atomic E-state index is 0. The first-order valence-electron chi connectivity index (χ1n) is 2.76. The molecule has 0 radical (unpaired) electrons. The summed E-state index contributed by atoms with van der Waals surface area (Å²) in [7, 11) is 0. The Labute approximate surface area is 85.2 Å². The number of anilines is 1. The van der Waals surface area contributed by atoms with E-state index in [2.05, 4.69) is 5.43 Å². The fraction of sp³-hybridized carbons (Fsp3) is 0. The zero-order valence-corrected chi connectivity index (χ0v) is 8.10. The summed E-state index contributed by atoms with van der Waals surface area (Å²) >= 11 is 11.1. The topological polar surface area (TPSA) is 38.0 Å². The van der Waals surface area contributed by atoms with Crippen LogP contribution in [0.4, 0.5) is 10.1 Å². The van der Waals surface area contributed by atoms with Gasteiger partial charge in [-0.15, -0.1) is 12.4 Å². The van der Waals surface area contributed by atoms with E-state index in [-0.39, 0.29) is 22.5 Å². The molecule has 3 N–H and O–H groups in total. The van der Waals surface area contributed by atoms with Gasteiger partial charge in [-0.25, -0.2) is 4.39 Å². The number of nitrogens with two attached hydrogens (primary N) is 1. The van der Waals surface area contributed by atoms with Crippen LogP contribution in [0.25, 0.3) is 0 Å². The molecule has 1 rings (SSSR count). The summed E-state index contributed by atoms with van der Waals surface area (Å²) in [6.45, 7) is 0. The van der Waals surface area contributed by atoms with Gasteiger partial charge in [0.2, 0.25) is 0 Å². The van der Waals surface area contributed by atoms with Crippen molar-refractivity contribution in [1.82, 2.24) is 0 Å². The van der Waals surface area contributed by atoms with Crippen LogP contribution < -0.4 is 11.3 Å². The summed E-state index contributed by atoms with van der Waals surface area (Å²) < 4.78 is 12.5. The molecule has 0 unspecified atom stereocenters. The van der Waals surface area contributed by atoms with Crippen LogP contribution in [0.1, 0.15) is 0 Å². The van der Waals surface area contributed by atoms with Gasteiger partial charge in [-0.3, -0.25) is 5.84 Å². The normalized spacial score (nSPS) is 9.00. The largest absolute Gasteiger partial charge is 0.321 e. The Balaban J connectivity index is 0.00000121. The van der Waals surface area contributed by atoms with Gasteiger partial charge in [0.1, 0.15) is 5.82 Å². The van der Waals surface area contributed by atoms with Crippen LogP contribution in [0.15, 0.2) is 12.1 Å². The highest BCUT2D eigenvalue weighted by atomic mass is 35.5. The maximum atomic E-state index is 12.5.